The zero-order valence-electron chi connectivity index (χ0n) is 15.5. The average Bonchev–Trinajstić information content (AvgIpc) is 2.70. The first-order valence-corrected chi connectivity index (χ1v) is 8.57. The molecule has 0 unspecified atom stereocenters. The Morgan fingerprint density at radius 3 is 2.32 bits per heavy atom. The number of methoxy groups -OCH3 is 2. The molecule has 0 bridgehead atoms. The lowest BCUT2D eigenvalue weighted by Gasteiger charge is -2.14. The summed E-state index contributed by atoms with van der Waals surface area (Å²) in [5.41, 5.74) is 1.48. The van der Waals surface area contributed by atoms with Crippen molar-refractivity contribution in [3.8, 4) is 22.6 Å². The molecule has 3 aromatic carbocycles. The second-order valence-electron chi connectivity index (χ2n) is 6.09. The lowest BCUT2D eigenvalue weighted by Crippen LogP contribution is -2.16. The predicted molar refractivity (Wildman–Crippen MR) is 104 cm³/mol. The van der Waals surface area contributed by atoms with Crippen molar-refractivity contribution in [2.24, 2.45) is 0 Å². The van der Waals surface area contributed by atoms with Gasteiger partial charge in [-0.25, -0.2) is 8.78 Å². The molecule has 0 saturated carbocycles. The van der Waals surface area contributed by atoms with Gasteiger partial charge in [0.25, 0.3) is 0 Å². The van der Waals surface area contributed by atoms with Crippen LogP contribution in [0.4, 0.5) is 14.5 Å². The maximum Gasteiger partial charge on any atom is 0.228 e. The molecule has 3 aromatic rings. The highest BCUT2D eigenvalue weighted by atomic mass is 19.1. The maximum absolute atomic E-state index is 14.4. The van der Waals surface area contributed by atoms with E-state index in [0.717, 1.165) is 6.07 Å². The summed E-state index contributed by atoms with van der Waals surface area (Å²) in [6.45, 7) is 0. The Kier molecular flexibility index (Phi) is 5.89. The zero-order chi connectivity index (χ0) is 20.1. The Balaban J connectivity index is 1.87. The molecular weight excluding hydrogens is 364 g/mol. The van der Waals surface area contributed by atoms with Gasteiger partial charge in [-0.3, -0.25) is 4.79 Å². The molecule has 1 N–H and O–H groups in total. The van der Waals surface area contributed by atoms with Gasteiger partial charge in [0.05, 0.1) is 26.3 Å². The Morgan fingerprint density at radius 2 is 1.64 bits per heavy atom. The van der Waals surface area contributed by atoms with Gasteiger partial charge in [-0.1, -0.05) is 36.4 Å². The molecule has 0 aromatic heterocycles. The summed E-state index contributed by atoms with van der Waals surface area (Å²) in [6.07, 6.45) is -0.00853. The van der Waals surface area contributed by atoms with Gasteiger partial charge in [0, 0.05) is 11.6 Å². The van der Waals surface area contributed by atoms with Crippen molar-refractivity contribution in [2.45, 2.75) is 6.42 Å². The monoisotopic (exact) mass is 383 g/mol. The predicted octanol–water partition coefficient (Wildman–Crippen LogP) is 4.83. The summed E-state index contributed by atoms with van der Waals surface area (Å²) in [5, 5.41) is 2.57. The molecule has 0 atom stereocenters. The molecule has 0 spiro atoms. The molecule has 0 aliphatic rings. The Hall–Kier alpha value is -3.41. The molecule has 0 saturated heterocycles. The first kappa shape index (κ1) is 19.4. The summed E-state index contributed by atoms with van der Waals surface area (Å²) in [5.74, 6) is -0.947. The van der Waals surface area contributed by atoms with Crippen LogP contribution in [0.5, 0.6) is 11.5 Å². The third kappa shape index (κ3) is 4.28. The van der Waals surface area contributed by atoms with Crippen LogP contribution in [0.3, 0.4) is 0 Å². The van der Waals surface area contributed by atoms with E-state index in [2.05, 4.69) is 5.32 Å². The summed E-state index contributed by atoms with van der Waals surface area (Å²) < 4.78 is 38.6. The number of ether oxygens (including phenoxy) is 2. The van der Waals surface area contributed by atoms with Gasteiger partial charge in [0.15, 0.2) is 11.5 Å². The number of anilines is 1. The molecule has 1 amide bonds. The number of amides is 1. The lowest BCUT2D eigenvalue weighted by molar-refractivity contribution is -0.115. The molecule has 6 heteroatoms. The van der Waals surface area contributed by atoms with E-state index in [4.69, 9.17) is 9.47 Å². The Labute approximate surface area is 161 Å². The van der Waals surface area contributed by atoms with Crippen molar-refractivity contribution in [1.29, 1.82) is 0 Å². The molecule has 144 valence electrons. The average molecular weight is 383 g/mol. The number of halogens is 2. The number of hydrogen-bond donors (Lipinski definition) is 1. The molecule has 0 radical (unpaired) electrons. The minimum absolute atomic E-state index is 0.00853. The number of rotatable bonds is 6. The normalized spacial score (nSPS) is 10.4. The largest absolute Gasteiger partial charge is 0.493 e. The standard InChI is InChI=1S/C22H19F2NO3/c1-27-19-9-8-14(10-20(19)28-2)11-21(26)25-22-17(12-16(23)13-18(22)24)15-6-4-3-5-7-15/h3-10,12-13H,11H2,1-2H3,(H,25,26). The third-order valence-corrected chi connectivity index (χ3v) is 4.22. The third-order valence-electron chi connectivity index (χ3n) is 4.22. The Bertz CT molecular complexity index is 991. The van der Waals surface area contributed by atoms with Crippen molar-refractivity contribution < 1.29 is 23.0 Å². The van der Waals surface area contributed by atoms with E-state index in [1.54, 1.807) is 48.5 Å². The second-order valence-corrected chi connectivity index (χ2v) is 6.09. The highest BCUT2D eigenvalue weighted by Gasteiger charge is 2.16. The van der Waals surface area contributed by atoms with Gasteiger partial charge in [0.2, 0.25) is 5.91 Å². The van der Waals surface area contributed by atoms with E-state index in [0.29, 0.717) is 22.6 Å². The number of nitrogens with one attached hydrogen (secondary N) is 1. The fourth-order valence-corrected chi connectivity index (χ4v) is 2.91. The van der Waals surface area contributed by atoms with Crippen molar-refractivity contribution in [2.75, 3.05) is 19.5 Å². The first-order valence-electron chi connectivity index (χ1n) is 8.57. The minimum Gasteiger partial charge on any atom is -0.493 e. The van der Waals surface area contributed by atoms with E-state index in [1.165, 1.54) is 20.3 Å². The number of carbonyl (C=O) groups excluding carboxylic acids is 1. The molecule has 0 aliphatic heterocycles. The molecule has 3 rings (SSSR count). The van der Waals surface area contributed by atoms with Crippen LogP contribution in [0.25, 0.3) is 11.1 Å². The van der Waals surface area contributed by atoms with Crippen LogP contribution < -0.4 is 14.8 Å². The van der Waals surface area contributed by atoms with E-state index >= 15 is 0 Å². The maximum atomic E-state index is 14.4. The van der Waals surface area contributed by atoms with Crippen molar-refractivity contribution in [3.05, 3.63) is 77.9 Å². The zero-order valence-corrected chi connectivity index (χ0v) is 15.5. The topological polar surface area (TPSA) is 47.6 Å². The highest BCUT2D eigenvalue weighted by Crippen LogP contribution is 2.32. The molecular formula is C22H19F2NO3. The van der Waals surface area contributed by atoms with Crippen LogP contribution in [-0.2, 0) is 11.2 Å². The van der Waals surface area contributed by atoms with Crippen LogP contribution in [0, 0.1) is 11.6 Å². The number of benzene rings is 3. The van der Waals surface area contributed by atoms with Gasteiger partial charge >= 0.3 is 0 Å². The SMILES string of the molecule is COc1ccc(CC(=O)Nc2c(F)cc(F)cc2-c2ccccc2)cc1OC. The highest BCUT2D eigenvalue weighted by molar-refractivity contribution is 5.96. The van der Waals surface area contributed by atoms with Crippen LogP contribution in [0.15, 0.2) is 60.7 Å². The fraction of sp³-hybridized carbons (Fsp3) is 0.136. The fourth-order valence-electron chi connectivity index (χ4n) is 2.91. The van der Waals surface area contributed by atoms with Crippen LogP contribution in [-0.4, -0.2) is 20.1 Å². The minimum atomic E-state index is -0.834. The second kappa shape index (κ2) is 8.52. The molecule has 0 fully saturated rings. The van der Waals surface area contributed by atoms with Crippen LogP contribution in [0.1, 0.15) is 5.56 Å². The number of carbonyl (C=O) groups is 1. The van der Waals surface area contributed by atoms with Gasteiger partial charge in [0.1, 0.15) is 11.6 Å². The van der Waals surface area contributed by atoms with Crippen LogP contribution >= 0.6 is 0 Å². The number of hydrogen-bond acceptors (Lipinski definition) is 3. The molecule has 4 nitrogen and oxygen atoms in total. The Morgan fingerprint density at radius 1 is 0.929 bits per heavy atom. The van der Waals surface area contributed by atoms with Gasteiger partial charge < -0.3 is 14.8 Å². The summed E-state index contributed by atoms with van der Waals surface area (Å²) in [7, 11) is 3.02. The van der Waals surface area contributed by atoms with Crippen molar-refractivity contribution >= 4 is 11.6 Å². The lowest BCUT2D eigenvalue weighted by atomic mass is 10.0. The van der Waals surface area contributed by atoms with Crippen molar-refractivity contribution in [1.82, 2.24) is 0 Å². The van der Waals surface area contributed by atoms with Gasteiger partial charge in [-0.2, -0.15) is 0 Å². The summed E-state index contributed by atoms with van der Waals surface area (Å²) in [4.78, 5) is 12.5. The first-order chi connectivity index (χ1) is 13.5. The molecule has 28 heavy (non-hydrogen) atoms. The summed E-state index contributed by atoms with van der Waals surface area (Å²) >= 11 is 0. The summed E-state index contributed by atoms with van der Waals surface area (Å²) in [6, 6.07) is 15.8. The van der Waals surface area contributed by atoms with Gasteiger partial charge in [-0.05, 0) is 29.3 Å². The molecule has 0 heterocycles. The van der Waals surface area contributed by atoms with Crippen LogP contribution in [0.2, 0.25) is 0 Å². The van der Waals surface area contributed by atoms with Gasteiger partial charge in [-0.15, -0.1) is 0 Å². The van der Waals surface area contributed by atoms with E-state index in [1.807, 2.05) is 0 Å². The van der Waals surface area contributed by atoms with E-state index in [9.17, 15) is 13.6 Å². The quantitative estimate of drug-likeness (QED) is 0.663. The molecule has 0 aliphatic carbocycles. The van der Waals surface area contributed by atoms with Crippen molar-refractivity contribution in [3.63, 3.8) is 0 Å². The van der Waals surface area contributed by atoms with E-state index in [-0.39, 0.29) is 17.7 Å². The van der Waals surface area contributed by atoms with E-state index < -0.39 is 17.5 Å². The smallest absolute Gasteiger partial charge is 0.228 e.